The minimum atomic E-state index is -0.858. The molecule has 1 N–H and O–H groups in total. The molecule has 0 aliphatic rings. The molecule has 0 saturated heterocycles. The summed E-state index contributed by atoms with van der Waals surface area (Å²) < 4.78 is 0. The third kappa shape index (κ3) is 3.78. The summed E-state index contributed by atoms with van der Waals surface area (Å²) in [5, 5.41) is 10.7. The first-order valence-corrected chi connectivity index (χ1v) is 8.35. The number of aliphatic hydroxyl groups excluding tert-OH is 1. The van der Waals surface area contributed by atoms with Crippen LogP contribution in [-0.2, 0) is 4.79 Å². The minimum Gasteiger partial charge on any atom is -0.388 e. The Labute approximate surface area is 148 Å². The smallest absolute Gasteiger partial charge is 0.237 e. The van der Waals surface area contributed by atoms with Gasteiger partial charge in [0.05, 0.1) is 12.0 Å². The van der Waals surface area contributed by atoms with Crippen LogP contribution < -0.4 is 4.90 Å². The second-order valence-electron chi connectivity index (χ2n) is 5.99. The highest BCUT2D eigenvalue weighted by atomic mass is 16.3. The summed E-state index contributed by atoms with van der Waals surface area (Å²) in [6.45, 7) is 1.76. The van der Waals surface area contributed by atoms with E-state index in [0.717, 1.165) is 16.9 Å². The fourth-order valence-electron chi connectivity index (χ4n) is 2.84. The molecule has 3 aromatic carbocycles. The first-order valence-electron chi connectivity index (χ1n) is 8.35. The number of para-hydroxylation sites is 2. The summed E-state index contributed by atoms with van der Waals surface area (Å²) in [5.41, 5.74) is 2.31. The van der Waals surface area contributed by atoms with Crippen LogP contribution in [0.2, 0.25) is 0 Å². The predicted octanol–water partition coefficient (Wildman–Crippen LogP) is 4.72. The molecule has 0 unspecified atom stereocenters. The van der Waals surface area contributed by atoms with Crippen LogP contribution in [0.25, 0.3) is 0 Å². The SMILES string of the molecule is C[C@H](C(=O)N(c1ccccc1)c1ccccc1)[C@@H](O)c1ccccc1. The standard InChI is InChI=1S/C22H21NO2/c1-17(21(24)18-11-5-2-6-12-18)22(25)23(19-13-7-3-8-14-19)20-15-9-4-10-16-20/h2-17,21,24H,1H3/t17-,21+/m0/s1. The first kappa shape index (κ1) is 16.9. The van der Waals surface area contributed by atoms with Crippen molar-refractivity contribution in [1.29, 1.82) is 0 Å². The van der Waals surface area contributed by atoms with Crippen LogP contribution in [0.15, 0.2) is 91.0 Å². The van der Waals surface area contributed by atoms with E-state index in [9.17, 15) is 9.90 Å². The van der Waals surface area contributed by atoms with Crippen LogP contribution in [0, 0.1) is 5.92 Å². The number of aliphatic hydroxyl groups is 1. The highest BCUT2D eigenvalue weighted by Crippen LogP contribution is 2.31. The van der Waals surface area contributed by atoms with Gasteiger partial charge >= 0.3 is 0 Å². The number of hydrogen-bond donors (Lipinski definition) is 1. The molecular formula is C22H21NO2. The molecule has 3 rings (SSSR count). The van der Waals surface area contributed by atoms with Crippen LogP contribution in [0.5, 0.6) is 0 Å². The second kappa shape index (κ2) is 7.77. The van der Waals surface area contributed by atoms with Crippen molar-refractivity contribution in [2.24, 2.45) is 5.92 Å². The normalized spacial score (nSPS) is 13.0. The lowest BCUT2D eigenvalue weighted by molar-refractivity contribution is -0.124. The van der Waals surface area contributed by atoms with E-state index >= 15 is 0 Å². The highest BCUT2D eigenvalue weighted by Gasteiger charge is 2.29. The molecule has 3 nitrogen and oxygen atoms in total. The van der Waals surface area contributed by atoms with Gasteiger partial charge in [0.25, 0.3) is 0 Å². The van der Waals surface area contributed by atoms with Gasteiger partial charge < -0.3 is 5.11 Å². The maximum Gasteiger partial charge on any atom is 0.237 e. The van der Waals surface area contributed by atoms with Crippen molar-refractivity contribution in [2.75, 3.05) is 4.90 Å². The maximum absolute atomic E-state index is 13.2. The molecule has 0 heterocycles. The number of anilines is 2. The van der Waals surface area contributed by atoms with Crippen molar-refractivity contribution in [3.8, 4) is 0 Å². The number of benzene rings is 3. The maximum atomic E-state index is 13.2. The fourth-order valence-corrected chi connectivity index (χ4v) is 2.84. The van der Waals surface area contributed by atoms with E-state index in [1.54, 1.807) is 11.8 Å². The van der Waals surface area contributed by atoms with E-state index < -0.39 is 12.0 Å². The van der Waals surface area contributed by atoms with E-state index in [1.807, 2.05) is 91.0 Å². The number of nitrogens with zero attached hydrogens (tertiary/aromatic N) is 1. The quantitative estimate of drug-likeness (QED) is 0.735. The van der Waals surface area contributed by atoms with Crippen LogP contribution in [0.1, 0.15) is 18.6 Å². The largest absolute Gasteiger partial charge is 0.388 e. The molecule has 3 heteroatoms. The highest BCUT2D eigenvalue weighted by molar-refractivity contribution is 6.01. The Balaban J connectivity index is 1.94. The van der Waals surface area contributed by atoms with Gasteiger partial charge in [-0.2, -0.15) is 0 Å². The molecule has 126 valence electrons. The molecule has 0 aliphatic carbocycles. The number of rotatable bonds is 5. The zero-order chi connectivity index (χ0) is 17.6. The van der Waals surface area contributed by atoms with Crippen molar-refractivity contribution in [1.82, 2.24) is 0 Å². The molecule has 0 radical (unpaired) electrons. The lowest BCUT2D eigenvalue weighted by Crippen LogP contribution is -2.34. The van der Waals surface area contributed by atoms with Gasteiger partial charge in [0.15, 0.2) is 0 Å². The van der Waals surface area contributed by atoms with Crippen molar-refractivity contribution in [3.05, 3.63) is 96.6 Å². The molecule has 0 aliphatic heterocycles. The molecule has 0 bridgehead atoms. The van der Waals surface area contributed by atoms with Gasteiger partial charge in [0.1, 0.15) is 0 Å². The minimum absolute atomic E-state index is 0.145. The third-order valence-corrected chi connectivity index (χ3v) is 4.25. The van der Waals surface area contributed by atoms with Gasteiger partial charge in [-0.3, -0.25) is 9.69 Å². The molecule has 25 heavy (non-hydrogen) atoms. The molecule has 0 fully saturated rings. The molecule has 2 atom stereocenters. The van der Waals surface area contributed by atoms with Crippen molar-refractivity contribution < 1.29 is 9.90 Å². The van der Waals surface area contributed by atoms with Crippen molar-refractivity contribution in [3.63, 3.8) is 0 Å². The van der Waals surface area contributed by atoms with Crippen LogP contribution >= 0.6 is 0 Å². The van der Waals surface area contributed by atoms with Gasteiger partial charge in [-0.1, -0.05) is 73.7 Å². The average Bonchev–Trinajstić information content (AvgIpc) is 2.69. The summed E-state index contributed by atoms with van der Waals surface area (Å²) in [6.07, 6.45) is -0.858. The zero-order valence-electron chi connectivity index (χ0n) is 14.1. The molecule has 0 aromatic heterocycles. The molecule has 0 spiro atoms. The van der Waals surface area contributed by atoms with Crippen LogP contribution in [-0.4, -0.2) is 11.0 Å². The number of amides is 1. The van der Waals surface area contributed by atoms with E-state index in [4.69, 9.17) is 0 Å². The van der Waals surface area contributed by atoms with E-state index in [-0.39, 0.29) is 5.91 Å². The molecule has 0 saturated carbocycles. The van der Waals surface area contributed by atoms with Crippen LogP contribution in [0.3, 0.4) is 0 Å². The second-order valence-corrected chi connectivity index (χ2v) is 5.99. The van der Waals surface area contributed by atoms with Gasteiger partial charge in [-0.25, -0.2) is 0 Å². The number of hydrogen-bond acceptors (Lipinski definition) is 2. The number of carbonyl (C=O) groups is 1. The molecule has 3 aromatic rings. The molecular weight excluding hydrogens is 310 g/mol. The predicted molar refractivity (Wildman–Crippen MR) is 101 cm³/mol. The Morgan fingerprint density at radius 1 is 0.760 bits per heavy atom. The van der Waals surface area contributed by atoms with E-state index in [2.05, 4.69) is 0 Å². The van der Waals surface area contributed by atoms with Crippen molar-refractivity contribution in [2.45, 2.75) is 13.0 Å². The Morgan fingerprint density at radius 2 is 1.16 bits per heavy atom. The monoisotopic (exact) mass is 331 g/mol. The Hall–Kier alpha value is -2.91. The van der Waals surface area contributed by atoms with E-state index in [1.165, 1.54) is 0 Å². The van der Waals surface area contributed by atoms with Gasteiger partial charge in [0, 0.05) is 11.4 Å². The summed E-state index contributed by atoms with van der Waals surface area (Å²) in [4.78, 5) is 14.9. The Bertz CT molecular complexity index is 764. The summed E-state index contributed by atoms with van der Waals surface area (Å²) in [7, 11) is 0. The fraction of sp³-hybridized carbons (Fsp3) is 0.136. The van der Waals surface area contributed by atoms with E-state index in [0.29, 0.717) is 0 Å². The first-order chi connectivity index (χ1) is 12.2. The van der Waals surface area contributed by atoms with Gasteiger partial charge in [0.2, 0.25) is 5.91 Å². The summed E-state index contributed by atoms with van der Waals surface area (Å²) in [6, 6.07) is 28.3. The zero-order valence-corrected chi connectivity index (χ0v) is 14.1. The Morgan fingerprint density at radius 3 is 1.60 bits per heavy atom. The Kier molecular flexibility index (Phi) is 5.26. The van der Waals surface area contributed by atoms with Gasteiger partial charge in [-0.15, -0.1) is 0 Å². The lowest BCUT2D eigenvalue weighted by atomic mass is 9.95. The molecule has 1 amide bonds. The van der Waals surface area contributed by atoms with Crippen molar-refractivity contribution >= 4 is 17.3 Å². The topological polar surface area (TPSA) is 40.5 Å². The summed E-state index contributed by atoms with van der Waals surface area (Å²) >= 11 is 0. The summed E-state index contributed by atoms with van der Waals surface area (Å²) in [5.74, 6) is -0.725. The van der Waals surface area contributed by atoms with Gasteiger partial charge in [-0.05, 0) is 29.8 Å². The average molecular weight is 331 g/mol. The lowest BCUT2D eigenvalue weighted by Gasteiger charge is -2.28. The third-order valence-electron chi connectivity index (χ3n) is 4.25. The van der Waals surface area contributed by atoms with Crippen LogP contribution in [0.4, 0.5) is 11.4 Å². The number of carbonyl (C=O) groups excluding carboxylic acids is 1.